The van der Waals surface area contributed by atoms with Gasteiger partial charge in [0.15, 0.2) is 5.82 Å². The number of carbonyl (C=O) groups is 4. The number of carbonyl (C=O) groups excluding carboxylic acids is 4. The second-order valence-corrected chi connectivity index (χ2v) is 22.4. The van der Waals surface area contributed by atoms with Gasteiger partial charge in [-0.1, -0.05) is 81.7 Å². The van der Waals surface area contributed by atoms with E-state index >= 15 is 0 Å². The van der Waals surface area contributed by atoms with Crippen LogP contribution < -0.4 is 20.1 Å². The van der Waals surface area contributed by atoms with Crippen LogP contribution in [0, 0.1) is 12.8 Å². The smallest absolute Gasteiger partial charge is 0.408 e. The van der Waals surface area contributed by atoms with Crippen LogP contribution in [0.5, 0.6) is 5.88 Å². The number of nitrogens with zero attached hydrogens (tertiary/aromatic N) is 3. The van der Waals surface area contributed by atoms with E-state index < -0.39 is 68.2 Å². The van der Waals surface area contributed by atoms with E-state index in [9.17, 15) is 27.6 Å². The van der Waals surface area contributed by atoms with Gasteiger partial charge >= 0.3 is 6.09 Å². The van der Waals surface area contributed by atoms with E-state index in [0.717, 1.165) is 60.6 Å². The van der Waals surface area contributed by atoms with Crippen LogP contribution in [0.15, 0.2) is 59.0 Å². The maximum absolute atomic E-state index is 14.9. The zero-order valence-corrected chi connectivity index (χ0v) is 38.7. The van der Waals surface area contributed by atoms with Crippen molar-refractivity contribution in [2.24, 2.45) is 5.92 Å². The molecule has 5 aliphatic rings. The van der Waals surface area contributed by atoms with Gasteiger partial charge in [0, 0.05) is 23.3 Å². The van der Waals surface area contributed by atoms with Crippen LogP contribution in [0.1, 0.15) is 122 Å². The standard InChI is InChI=1S/C49H60N6O9S/c1-29-17-22-38-35(25-29)39-40(64-38)43(52-41(51-39)30-18-20-31(21-19-30)47(2,3)4)62-34-26-37-42(56)53-49(45(58)54-65(60,61)48(5)23-24-48)27-32(49)13-9-7-6-8-10-16-36(44(57)55(37)28-34)50-46(59)63-33-14-11-12-15-33/h9,13,17-22,25,32-34,36-37H,6-8,10-12,14-16,23-24,26-28H2,1-5H3,(H,50,59)(H,53,56)(H,54,58)/b13-9-/t32-,34-,36+,37+,49-/m1/s1. The van der Waals surface area contributed by atoms with Crippen LogP contribution in [-0.2, 0) is 34.6 Å². The first-order valence-corrected chi connectivity index (χ1v) is 24.7. The van der Waals surface area contributed by atoms with Gasteiger partial charge in [-0.2, -0.15) is 4.98 Å². The van der Waals surface area contributed by atoms with Crippen LogP contribution in [-0.4, -0.2) is 88.2 Å². The molecule has 4 fully saturated rings. The number of sulfonamides is 1. The molecular weight excluding hydrogens is 849 g/mol. The van der Waals surface area contributed by atoms with Crippen molar-refractivity contribution in [2.75, 3.05) is 6.54 Å². The van der Waals surface area contributed by atoms with Crippen molar-refractivity contribution in [1.82, 2.24) is 30.2 Å². The summed E-state index contributed by atoms with van der Waals surface area (Å²) in [5.74, 6) is -1.86. The number of fused-ring (bicyclic) bond motifs is 5. The first kappa shape index (κ1) is 44.7. The predicted octanol–water partition coefficient (Wildman–Crippen LogP) is 7.43. The first-order valence-electron chi connectivity index (χ1n) is 23.2. The molecule has 346 valence electrons. The maximum atomic E-state index is 14.9. The molecule has 1 saturated heterocycles. The van der Waals surface area contributed by atoms with E-state index in [4.69, 9.17) is 23.9 Å². The normalized spacial score (nSPS) is 26.6. The van der Waals surface area contributed by atoms with Crippen LogP contribution in [0.25, 0.3) is 33.5 Å². The third kappa shape index (κ3) is 9.07. The summed E-state index contributed by atoms with van der Waals surface area (Å²) in [7, 11) is -4.02. The van der Waals surface area contributed by atoms with Crippen molar-refractivity contribution in [1.29, 1.82) is 0 Å². The van der Waals surface area contributed by atoms with Gasteiger partial charge in [-0.15, -0.1) is 0 Å². The lowest BCUT2D eigenvalue weighted by Crippen LogP contribution is -2.58. The molecule has 2 aliphatic heterocycles. The Kier molecular flexibility index (Phi) is 11.7. The van der Waals surface area contributed by atoms with Gasteiger partial charge in [0.2, 0.25) is 27.4 Å². The summed E-state index contributed by atoms with van der Waals surface area (Å²) >= 11 is 0. The number of allylic oxidation sites excluding steroid dienone is 1. The monoisotopic (exact) mass is 908 g/mol. The number of aromatic nitrogens is 2. The summed E-state index contributed by atoms with van der Waals surface area (Å²) in [6.07, 6.45) is 9.77. The number of nitrogens with one attached hydrogen (secondary N) is 3. The summed E-state index contributed by atoms with van der Waals surface area (Å²) < 4.78 is 46.8. The van der Waals surface area contributed by atoms with E-state index in [0.29, 0.717) is 54.6 Å². The van der Waals surface area contributed by atoms with Crippen LogP contribution in [0.2, 0.25) is 0 Å². The second kappa shape index (κ2) is 17.0. The summed E-state index contributed by atoms with van der Waals surface area (Å²) in [6.45, 7) is 9.95. The van der Waals surface area contributed by atoms with Crippen LogP contribution in [0.3, 0.4) is 0 Å². The molecule has 3 aliphatic carbocycles. The molecule has 0 radical (unpaired) electrons. The lowest BCUT2D eigenvalue weighted by atomic mass is 9.87. The molecule has 4 aromatic rings. The number of amides is 4. The molecule has 0 bridgehead atoms. The minimum atomic E-state index is -4.02. The highest BCUT2D eigenvalue weighted by Gasteiger charge is 2.63. The topological polar surface area (TPSA) is 199 Å². The zero-order chi connectivity index (χ0) is 45.9. The molecule has 15 nitrogen and oxygen atoms in total. The molecule has 3 N–H and O–H groups in total. The fraction of sp³-hybridized carbons (Fsp3) is 0.551. The largest absolute Gasteiger partial charge is 0.470 e. The zero-order valence-electron chi connectivity index (χ0n) is 37.9. The molecule has 16 heteroatoms. The quantitative estimate of drug-likeness (QED) is 0.149. The van der Waals surface area contributed by atoms with Gasteiger partial charge in [0.1, 0.15) is 40.9 Å². The van der Waals surface area contributed by atoms with E-state index in [1.807, 2.05) is 49.4 Å². The summed E-state index contributed by atoms with van der Waals surface area (Å²) in [4.78, 5) is 68.4. The van der Waals surface area contributed by atoms with Crippen LogP contribution in [0.4, 0.5) is 4.79 Å². The molecule has 65 heavy (non-hydrogen) atoms. The van der Waals surface area contributed by atoms with Gasteiger partial charge in [0.05, 0.1) is 11.3 Å². The highest BCUT2D eigenvalue weighted by molar-refractivity contribution is 7.91. The second-order valence-electron chi connectivity index (χ2n) is 20.2. The number of ether oxygens (including phenoxy) is 2. The highest BCUT2D eigenvalue weighted by atomic mass is 32.2. The van der Waals surface area contributed by atoms with E-state index in [1.54, 1.807) is 6.92 Å². The Morgan fingerprint density at radius 3 is 2.42 bits per heavy atom. The number of benzene rings is 2. The Labute approximate surface area is 379 Å². The number of rotatable bonds is 8. The average molecular weight is 909 g/mol. The van der Waals surface area contributed by atoms with Gasteiger partial charge in [-0.05, 0) is 101 Å². The molecule has 3 saturated carbocycles. The Hall–Kier alpha value is -5.51. The summed E-state index contributed by atoms with van der Waals surface area (Å²) in [5, 5.41) is 6.56. The molecule has 0 unspecified atom stereocenters. The fourth-order valence-electron chi connectivity index (χ4n) is 9.50. The van der Waals surface area contributed by atoms with Crippen molar-refractivity contribution in [2.45, 2.75) is 158 Å². The Morgan fingerprint density at radius 2 is 1.69 bits per heavy atom. The molecule has 0 spiro atoms. The molecular formula is C49H60N6O9S. The fourth-order valence-corrected chi connectivity index (χ4v) is 10.8. The molecule has 9 rings (SSSR count). The van der Waals surface area contributed by atoms with Crippen molar-refractivity contribution < 1.29 is 41.5 Å². The number of furan rings is 1. The van der Waals surface area contributed by atoms with Gasteiger partial charge in [-0.25, -0.2) is 18.2 Å². The third-order valence-corrected chi connectivity index (χ3v) is 16.2. The minimum Gasteiger partial charge on any atom is -0.470 e. The number of aryl methyl sites for hydroxylation is 1. The highest BCUT2D eigenvalue weighted by Crippen LogP contribution is 2.48. The third-order valence-electron chi connectivity index (χ3n) is 14.1. The Morgan fingerprint density at radius 1 is 0.954 bits per heavy atom. The van der Waals surface area contributed by atoms with E-state index in [2.05, 4.69) is 48.3 Å². The van der Waals surface area contributed by atoms with Crippen molar-refractivity contribution in [3.05, 3.63) is 65.7 Å². The van der Waals surface area contributed by atoms with Crippen molar-refractivity contribution in [3.8, 4) is 17.3 Å². The summed E-state index contributed by atoms with van der Waals surface area (Å²) in [6, 6.07) is 11.7. The molecule has 5 atom stereocenters. The lowest BCUT2D eigenvalue weighted by Gasteiger charge is -2.30. The number of hydrogen-bond donors (Lipinski definition) is 3. The van der Waals surface area contributed by atoms with Gasteiger partial charge in [-0.3, -0.25) is 19.1 Å². The van der Waals surface area contributed by atoms with Crippen molar-refractivity contribution >= 4 is 55.9 Å². The predicted molar refractivity (Wildman–Crippen MR) is 244 cm³/mol. The van der Waals surface area contributed by atoms with Crippen molar-refractivity contribution in [3.63, 3.8) is 0 Å². The maximum Gasteiger partial charge on any atom is 0.408 e. The summed E-state index contributed by atoms with van der Waals surface area (Å²) in [5.41, 5.74) is 2.74. The SMILES string of the molecule is Cc1ccc2oc3c(O[C@@H]4C[C@H]5C(=O)N[C@]6(C(=O)NS(=O)(=O)C7(C)CC7)C[C@H]6/C=C\CCCCC[C@H](NC(=O)OC6CCCC6)C(=O)N5C4)nc(-c4ccc(C(C)(C)C)cc4)nc3c2c1. The van der Waals surface area contributed by atoms with Crippen LogP contribution >= 0.6 is 0 Å². The lowest BCUT2D eigenvalue weighted by molar-refractivity contribution is -0.141. The molecule has 2 aromatic heterocycles. The molecule has 4 amide bonds. The first-order chi connectivity index (χ1) is 30.9. The average Bonchev–Trinajstić information content (AvgIpc) is 3.93. The Bertz CT molecular complexity index is 2660. The minimum absolute atomic E-state index is 0.00810. The van der Waals surface area contributed by atoms with Gasteiger partial charge < -0.3 is 29.4 Å². The number of hydrogen-bond acceptors (Lipinski definition) is 11. The molecule has 2 aromatic carbocycles. The number of alkyl carbamates (subject to hydrolysis) is 1. The van der Waals surface area contributed by atoms with E-state index in [1.165, 1.54) is 4.90 Å². The van der Waals surface area contributed by atoms with Gasteiger partial charge in [0.25, 0.3) is 11.8 Å². The van der Waals surface area contributed by atoms with E-state index in [-0.39, 0.29) is 36.8 Å². The molecule has 4 heterocycles. The Balaban J connectivity index is 1.06.